The zero-order valence-electron chi connectivity index (χ0n) is 38.3. The van der Waals surface area contributed by atoms with Crippen molar-refractivity contribution < 1.29 is 28.7 Å². The number of hydrogen-bond donors (Lipinski definition) is 4. The molecule has 1 amide bonds. The molecule has 0 radical (unpaired) electrons. The second-order valence-corrected chi connectivity index (χ2v) is 16.2. The molecule has 1 unspecified atom stereocenters. The van der Waals surface area contributed by atoms with Gasteiger partial charge in [0.25, 0.3) is 0 Å². The Morgan fingerprint density at radius 1 is 0.881 bits per heavy atom. The Balaban J connectivity index is 0.00000114. The summed E-state index contributed by atoms with van der Waals surface area (Å²) in [5.41, 5.74) is 10.8. The summed E-state index contributed by atoms with van der Waals surface area (Å²) in [6, 6.07) is 8.84. The minimum absolute atomic E-state index is 0.0256. The first-order valence-corrected chi connectivity index (χ1v) is 22.5. The SMILES string of the molecule is CCCCCCCCCCC[C@@H](C[C@@H]1OC(=O)[C@H]1CCCCCC)OC(=O)[C@H](CC(C)C)NC=O.CCN(CC)C(C)C(=O)c1ccccc1.CN(C)C(=N)N=C(N)N. The molecule has 1 aromatic carbocycles. The van der Waals surface area contributed by atoms with E-state index in [9.17, 15) is 19.2 Å². The van der Waals surface area contributed by atoms with Crippen molar-refractivity contribution in [1.82, 2.24) is 15.1 Å². The molecule has 1 aromatic rings. The van der Waals surface area contributed by atoms with Crippen molar-refractivity contribution in [3.63, 3.8) is 0 Å². The van der Waals surface area contributed by atoms with Crippen LogP contribution < -0.4 is 16.8 Å². The lowest BCUT2D eigenvalue weighted by Gasteiger charge is -2.37. The number of benzene rings is 1. The van der Waals surface area contributed by atoms with Crippen LogP contribution in [0.1, 0.15) is 168 Å². The van der Waals surface area contributed by atoms with Crippen LogP contribution in [0.15, 0.2) is 35.3 Å². The number of rotatable bonds is 28. The lowest BCUT2D eigenvalue weighted by molar-refractivity contribution is -0.190. The number of nitrogens with two attached hydrogens (primary N) is 2. The molecule has 5 atom stereocenters. The Bertz CT molecular complexity index is 1320. The van der Waals surface area contributed by atoms with E-state index < -0.39 is 6.04 Å². The Labute approximate surface area is 357 Å². The first-order valence-electron chi connectivity index (χ1n) is 22.5. The number of carbonyl (C=O) groups excluding carboxylic acids is 4. The third kappa shape index (κ3) is 25.3. The number of carbonyl (C=O) groups is 4. The molecule has 59 heavy (non-hydrogen) atoms. The highest BCUT2D eigenvalue weighted by molar-refractivity contribution is 5.99. The molecule has 338 valence electrons. The molecule has 0 aliphatic carbocycles. The van der Waals surface area contributed by atoms with Gasteiger partial charge in [0.2, 0.25) is 12.4 Å². The number of Topliss-reactive ketones (excluding diaryl/α,β-unsaturated/α-hetero) is 1. The molecule has 1 fully saturated rings. The fraction of sp³-hybridized carbons (Fsp3) is 0.739. The first-order chi connectivity index (χ1) is 28.2. The molecule has 1 heterocycles. The largest absolute Gasteiger partial charge is 0.461 e. The van der Waals surface area contributed by atoms with Gasteiger partial charge in [0.05, 0.1) is 12.0 Å². The number of unbranched alkanes of at least 4 members (excludes halogenated alkanes) is 11. The van der Waals surface area contributed by atoms with Crippen molar-refractivity contribution >= 4 is 36.1 Å². The zero-order chi connectivity index (χ0) is 44.6. The molecule has 1 aliphatic rings. The van der Waals surface area contributed by atoms with E-state index in [0.717, 1.165) is 57.2 Å². The van der Waals surface area contributed by atoms with Gasteiger partial charge in [0, 0.05) is 26.1 Å². The van der Waals surface area contributed by atoms with Crippen LogP contribution in [0, 0.1) is 17.2 Å². The van der Waals surface area contributed by atoms with E-state index >= 15 is 0 Å². The van der Waals surface area contributed by atoms with Gasteiger partial charge in [-0.05, 0) is 51.6 Å². The number of esters is 2. The molecule has 13 heteroatoms. The predicted octanol–water partition coefficient (Wildman–Crippen LogP) is 8.24. The summed E-state index contributed by atoms with van der Waals surface area (Å²) in [6.45, 7) is 16.4. The van der Waals surface area contributed by atoms with Crippen LogP contribution in [0.3, 0.4) is 0 Å². The van der Waals surface area contributed by atoms with Crippen LogP contribution in [0.4, 0.5) is 0 Å². The minimum Gasteiger partial charge on any atom is -0.461 e. The van der Waals surface area contributed by atoms with Gasteiger partial charge < -0.3 is 31.2 Å². The van der Waals surface area contributed by atoms with Crippen molar-refractivity contribution in [2.24, 2.45) is 28.3 Å². The van der Waals surface area contributed by atoms with Crippen LogP contribution in [0.2, 0.25) is 0 Å². The van der Waals surface area contributed by atoms with Gasteiger partial charge in [-0.15, -0.1) is 0 Å². The average Bonchev–Trinajstić information content (AvgIpc) is 3.20. The number of ketones is 1. The molecule has 0 spiro atoms. The maximum Gasteiger partial charge on any atom is 0.328 e. The fourth-order valence-corrected chi connectivity index (χ4v) is 6.91. The summed E-state index contributed by atoms with van der Waals surface area (Å²) < 4.78 is 11.4. The highest BCUT2D eigenvalue weighted by atomic mass is 16.6. The van der Waals surface area contributed by atoms with E-state index in [0.29, 0.717) is 19.3 Å². The van der Waals surface area contributed by atoms with Crippen molar-refractivity contribution in [1.29, 1.82) is 5.41 Å². The highest BCUT2D eigenvalue weighted by Crippen LogP contribution is 2.33. The third-order valence-corrected chi connectivity index (χ3v) is 10.5. The summed E-state index contributed by atoms with van der Waals surface area (Å²) in [6.07, 6.45) is 18.5. The van der Waals surface area contributed by atoms with Crippen LogP contribution in [0.25, 0.3) is 0 Å². The average molecular weight is 830 g/mol. The Morgan fingerprint density at radius 3 is 1.88 bits per heavy atom. The van der Waals surface area contributed by atoms with Gasteiger partial charge in [-0.1, -0.05) is 149 Å². The standard InChI is InChI=1S/C29H53NO5.C13H19NO.C4H11N5/c1-5-7-9-11-12-13-14-15-16-18-24(34-29(33)26(30-22-31)20-23(3)4)21-27-25(28(32)35-27)19-17-10-8-6-2;1-4-14(5-2)11(3)13(15)12-9-7-6-8-10-12;1-9(2)4(7)8-3(5)6/h22-27H,5-21H2,1-4H3,(H,30,31);6-11H,4-5H2,1-3H3;1-2H3,(H5,5,6,7,8)/t24-,25-,26-,27-;;/m0../s1. The monoisotopic (exact) mass is 830 g/mol. The van der Waals surface area contributed by atoms with Crippen LogP contribution in [-0.2, 0) is 23.9 Å². The predicted molar refractivity (Wildman–Crippen MR) is 241 cm³/mol. The highest BCUT2D eigenvalue weighted by Gasteiger charge is 2.43. The zero-order valence-corrected chi connectivity index (χ0v) is 38.3. The summed E-state index contributed by atoms with van der Waals surface area (Å²) in [5, 5.41) is 9.67. The maximum absolute atomic E-state index is 12.9. The Hall–Kier alpha value is -4.00. The smallest absolute Gasteiger partial charge is 0.328 e. The normalized spacial score (nSPS) is 15.8. The van der Waals surface area contributed by atoms with E-state index in [4.69, 9.17) is 26.4 Å². The van der Waals surface area contributed by atoms with Crippen molar-refractivity contribution in [3.8, 4) is 0 Å². The molecular weight excluding hydrogens is 747 g/mol. The fourth-order valence-electron chi connectivity index (χ4n) is 6.91. The summed E-state index contributed by atoms with van der Waals surface area (Å²) in [7, 11) is 3.38. The maximum atomic E-state index is 12.9. The van der Waals surface area contributed by atoms with E-state index in [2.05, 4.69) is 42.9 Å². The lowest BCUT2D eigenvalue weighted by Crippen LogP contribution is -2.48. The molecular formula is C46H83N7O6. The third-order valence-electron chi connectivity index (χ3n) is 10.5. The summed E-state index contributed by atoms with van der Waals surface area (Å²) >= 11 is 0. The van der Waals surface area contributed by atoms with Gasteiger partial charge in [0.15, 0.2) is 11.7 Å². The van der Waals surface area contributed by atoms with Crippen LogP contribution in [0.5, 0.6) is 0 Å². The van der Waals surface area contributed by atoms with Crippen LogP contribution in [-0.4, -0.2) is 97.3 Å². The second kappa shape index (κ2) is 33.8. The number of guanidine groups is 2. The molecule has 1 aliphatic heterocycles. The van der Waals surface area contributed by atoms with Gasteiger partial charge in [-0.2, -0.15) is 4.99 Å². The molecule has 0 bridgehead atoms. The van der Waals surface area contributed by atoms with E-state index in [1.807, 2.05) is 51.1 Å². The molecule has 0 saturated carbocycles. The Morgan fingerprint density at radius 2 is 1.42 bits per heavy atom. The van der Waals surface area contributed by atoms with Crippen LogP contribution >= 0.6 is 0 Å². The number of ether oxygens (including phenoxy) is 2. The van der Waals surface area contributed by atoms with Gasteiger partial charge in [-0.3, -0.25) is 24.7 Å². The topological polar surface area (TPSA) is 194 Å². The lowest BCUT2D eigenvalue weighted by atomic mass is 9.86. The van der Waals surface area contributed by atoms with Gasteiger partial charge in [-0.25, -0.2) is 4.79 Å². The number of nitrogens with one attached hydrogen (secondary N) is 2. The van der Waals surface area contributed by atoms with Gasteiger partial charge in [0.1, 0.15) is 18.2 Å². The van der Waals surface area contributed by atoms with Crippen molar-refractivity contribution in [2.45, 2.75) is 182 Å². The van der Waals surface area contributed by atoms with E-state index in [1.54, 1.807) is 14.1 Å². The first kappa shape index (κ1) is 55.0. The summed E-state index contributed by atoms with van der Waals surface area (Å²) in [4.78, 5) is 55.1. The molecule has 2 rings (SSSR count). The molecule has 0 aromatic heterocycles. The second-order valence-electron chi connectivity index (χ2n) is 16.2. The van der Waals surface area contributed by atoms with Gasteiger partial charge >= 0.3 is 11.9 Å². The minimum atomic E-state index is -0.632. The van der Waals surface area contributed by atoms with Crippen molar-refractivity contribution in [2.75, 3.05) is 27.2 Å². The number of nitrogens with zero attached hydrogens (tertiary/aromatic N) is 3. The summed E-state index contributed by atoms with van der Waals surface area (Å²) in [5.74, 6) is -0.133. The number of hydrogen-bond acceptors (Lipinski definition) is 8. The van der Waals surface area contributed by atoms with Crippen molar-refractivity contribution in [3.05, 3.63) is 35.9 Å². The van der Waals surface area contributed by atoms with E-state index in [1.165, 1.54) is 62.7 Å². The number of likely N-dealkylation sites (N-methyl/N-ethyl adjacent to an activating group) is 1. The number of amides is 1. The molecule has 1 saturated heterocycles. The Kier molecular flexibility index (Phi) is 31.5. The van der Waals surface area contributed by atoms with E-state index in [-0.39, 0.29) is 59.7 Å². The number of aliphatic imine (C=N–C) groups is 1. The quantitative estimate of drug-likeness (QED) is 0.0160. The molecule has 13 nitrogen and oxygen atoms in total. The molecule has 6 N–H and O–H groups in total. The number of cyclic esters (lactones) is 1.